The maximum Gasteiger partial charge on any atom is 0.179 e. The van der Waals surface area contributed by atoms with Crippen LogP contribution in [0.4, 0.5) is 0 Å². The summed E-state index contributed by atoms with van der Waals surface area (Å²) in [4.78, 5) is 11.9. The van der Waals surface area contributed by atoms with Crippen LogP contribution in [0, 0.1) is 0 Å². The van der Waals surface area contributed by atoms with E-state index in [1.165, 1.54) is 12.2 Å². The van der Waals surface area contributed by atoms with Crippen LogP contribution < -0.4 is 5.73 Å². The van der Waals surface area contributed by atoms with Crippen molar-refractivity contribution in [3.05, 3.63) is 47.0 Å². The molecule has 0 aliphatic heterocycles. The summed E-state index contributed by atoms with van der Waals surface area (Å²) in [6.07, 6.45) is 0.755. The van der Waals surface area contributed by atoms with Gasteiger partial charge in [0.15, 0.2) is 5.78 Å². The average molecular weight is 224 g/mol. The number of hydrogen-bond acceptors (Lipinski definition) is 2. The number of carbonyl (C=O) groups excluding carboxylic acids is 1. The van der Waals surface area contributed by atoms with Crippen LogP contribution in [0.5, 0.6) is 0 Å². The lowest BCUT2D eigenvalue weighted by atomic mass is 9.79. The molecule has 0 fully saturated rings. The van der Waals surface area contributed by atoms with Gasteiger partial charge in [0.05, 0.1) is 0 Å². The number of hydrogen-bond donors (Lipinski definition) is 1. The molecule has 1 aromatic rings. The highest BCUT2D eigenvalue weighted by Crippen LogP contribution is 2.33. The smallest absolute Gasteiger partial charge is 0.179 e. The number of rotatable bonds is 1. The summed E-state index contributed by atoms with van der Waals surface area (Å²) in [5, 5.41) is 0.384. The van der Waals surface area contributed by atoms with Crippen LogP contribution in [0.2, 0.25) is 5.02 Å². The summed E-state index contributed by atoms with van der Waals surface area (Å²) in [6.45, 7) is 0. The average Bonchev–Trinajstić information content (AvgIpc) is 2.24. The summed E-state index contributed by atoms with van der Waals surface area (Å²) in [6, 6.07) is 6.78. The van der Waals surface area contributed by atoms with E-state index in [9.17, 15) is 4.79 Å². The zero-order chi connectivity index (χ0) is 12.7. The van der Waals surface area contributed by atoms with Gasteiger partial charge in [-0.1, -0.05) is 35.9 Å². The number of ketones is 1. The van der Waals surface area contributed by atoms with Gasteiger partial charge in [-0.3, -0.25) is 4.79 Å². The summed E-state index contributed by atoms with van der Waals surface area (Å²) in [5.41, 5.74) is 5.17. The molecule has 2 N–H and O–H groups in total. The van der Waals surface area contributed by atoms with Gasteiger partial charge in [-0.15, -0.1) is 0 Å². The van der Waals surface area contributed by atoms with Crippen LogP contribution >= 0.6 is 11.6 Å². The number of nitrogens with two attached hydrogens (primary N) is 1. The van der Waals surface area contributed by atoms with Gasteiger partial charge in [-0.05, 0) is 30.5 Å². The van der Waals surface area contributed by atoms with Gasteiger partial charge in [0.2, 0.25) is 0 Å². The Hall–Kier alpha value is -1.12. The van der Waals surface area contributed by atoms with Gasteiger partial charge in [-0.2, -0.15) is 0 Å². The third kappa shape index (κ3) is 1.71. The van der Waals surface area contributed by atoms with E-state index in [4.69, 9.17) is 20.1 Å². The topological polar surface area (TPSA) is 43.1 Å². The molecule has 0 spiro atoms. The van der Waals surface area contributed by atoms with E-state index in [1.807, 2.05) is 0 Å². The lowest BCUT2D eigenvalue weighted by Crippen LogP contribution is -2.45. The molecule has 1 unspecified atom stereocenters. The highest BCUT2D eigenvalue weighted by atomic mass is 35.5. The van der Waals surface area contributed by atoms with Gasteiger partial charge >= 0.3 is 0 Å². The van der Waals surface area contributed by atoms with Gasteiger partial charge in [0.25, 0.3) is 0 Å². The maximum atomic E-state index is 11.9. The predicted octanol–water partition coefficient (Wildman–Crippen LogP) is 2.41. The standard InChI is InChI=1S/C12H12ClNO/c13-10-6-2-1-5-9(10)12(14)8-4-3-7-11(12)15/h1-3,5-7H,4,8,14H2/i4D2. The van der Waals surface area contributed by atoms with Gasteiger partial charge in [0, 0.05) is 7.76 Å². The molecule has 2 rings (SSSR count). The highest BCUT2D eigenvalue weighted by Gasteiger charge is 2.36. The van der Waals surface area contributed by atoms with Crippen LogP contribution in [-0.4, -0.2) is 5.78 Å². The molecule has 0 heterocycles. The summed E-state index contributed by atoms with van der Waals surface area (Å²) in [7, 11) is 0. The first-order chi connectivity index (χ1) is 7.85. The third-order valence-corrected chi connectivity index (χ3v) is 2.86. The molecule has 0 aromatic heterocycles. The van der Waals surface area contributed by atoms with Crippen LogP contribution in [0.15, 0.2) is 36.4 Å². The van der Waals surface area contributed by atoms with Crippen LogP contribution in [0.3, 0.4) is 0 Å². The Morgan fingerprint density at radius 2 is 2.20 bits per heavy atom. The van der Waals surface area contributed by atoms with Crippen molar-refractivity contribution in [3.63, 3.8) is 0 Å². The molecular weight excluding hydrogens is 210 g/mol. The zero-order valence-electron chi connectivity index (χ0n) is 10.0. The van der Waals surface area contributed by atoms with E-state index < -0.39 is 11.9 Å². The first-order valence-electron chi connectivity index (χ1n) is 5.63. The molecule has 0 radical (unpaired) electrons. The summed E-state index contributed by atoms with van der Waals surface area (Å²) in [5.74, 6) is -0.319. The molecule has 1 atom stereocenters. The van der Waals surface area contributed by atoms with Crippen molar-refractivity contribution in [2.45, 2.75) is 18.3 Å². The Kier molecular flexibility index (Phi) is 2.05. The van der Waals surface area contributed by atoms with E-state index in [2.05, 4.69) is 0 Å². The molecule has 3 heteroatoms. The fraction of sp³-hybridized carbons (Fsp3) is 0.250. The summed E-state index contributed by atoms with van der Waals surface area (Å²) < 4.78 is 15.4. The SMILES string of the molecule is [2H]C1([2H])C=CC(=O)C(N)(c2ccccc2Cl)C1. The molecule has 0 amide bonds. The Morgan fingerprint density at radius 3 is 2.93 bits per heavy atom. The fourth-order valence-corrected chi connectivity index (χ4v) is 1.95. The molecule has 15 heavy (non-hydrogen) atoms. The number of halogens is 1. The zero-order valence-corrected chi connectivity index (χ0v) is 8.79. The second kappa shape index (κ2) is 3.80. The Morgan fingerprint density at radius 1 is 1.47 bits per heavy atom. The first-order valence-corrected chi connectivity index (χ1v) is 5.00. The van der Waals surface area contributed by atoms with Gasteiger partial charge < -0.3 is 5.73 Å². The van der Waals surface area contributed by atoms with Crippen molar-refractivity contribution in [1.29, 1.82) is 0 Å². The first kappa shape index (κ1) is 8.08. The Bertz CT molecular complexity index is 501. The van der Waals surface area contributed by atoms with E-state index in [1.54, 1.807) is 24.3 Å². The van der Waals surface area contributed by atoms with E-state index in [0.29, 0.717) is 10.6 Å². The third-order valence-electron chi connectivity index (χ3n) is 2.53. The summed E-state index contributed by atoms with van der Waals surface area (Å²) >= 11 is 6.03. The highest BCUT2D eigenvalue weighted by molar-refractivity contribution is 6.31. The number of carbonyl (C=O) groups is 1. The lowest BCUT2D eigenvalue weighted by molar-refractivity contribution is -0.120. The normalized spacial score (nSPS) is 30.9. The van der Waals surface area contributed by atoms with Crippen molar-refractivity contribution < 1.29 is 7.54 Å². The van der Waals surface area contributed by atoms with Crippen LogP contribution in [0.25, 0.3) is 0 Å². The van der Waals surface area contributed by atoms with Gasteiger partial charge in [0.1, 0.15) is 5.54 Å². The van der Waals surface area contributed by atoms with Gasteiger partial charge in [-0.25, -0.2) is 0 Å². The molecule has 1 aromatic carbocycles. The van der Waals surface area contributed by atoms with Crippen molar-refractivity contribution in [1.82, 2.24) is 0 Å². The molecule has 1 aliphatic rings. The fourth-order valence-electron chi connectivity index (χ4n) is 1.64. The van der Waals surface area contributed by atoms with E-state index in [0.717, 1.165) is 0 Å². The second-order valence-electron chi connectivity index (χ2n) is 3.53. The number of benzene rings is 1. The Balaban J connectivity index is 2.53. The quantitative estimate of drug-likeness (QED) is 0.795. The van der Waals surface area contributed by atoms with Crippen molar-refractivity contribution >= 4 is 17.4 Å². The molecule has 0 bridgehead atoms. The largest absolute Gasteiger partial charge is 0.315 e. The van der Waals surface area contributed by atoms with Crippen molar-refractivity contribution in [2.24, 2.45) is 5.73 Å². The lowest BCUT2D eigenvalue weighted by Gasteiger charge is -2.30. The van der Waals surface area contributed by atoms with E-state index >= 15 is 0 Å². The van der Waals surface area contributed by atoms with Crippen LogP contribution in [-0.2, 0) is 10.3 Å². The monoisotopic (exact) mass is 223 g/mol. The van der Waals surface area contributed by atoms with Crippen molar-refractivity contribution in [3.8, 4) is 0 Å². The minimum absolute atomic E-state index is 0.0981. The Labute approximate surface area is 96.5 Å². The predicted molar refractivity (Wildman–Crippen MR) is 60.7 cm³/mol. The molecule has 0 saturated carbocycles. The van der Waals surface area contributed by atoms with E-state index in [-0.39, 0.29) is 12.2 Å². The minimum Gasteiger partial charge on any atom is -0.315 e. The maximum absolute atomic E-state index is 11.9. The van der Waals surface area contributed by atoms with Crippen LogP contribution in [0.1, 0.15) is 21.1 Å². The molecule has 78 valence electrons. The number of allylic oxidation sites excluding steroid dienone is 1. The molecular formula is C12H12ClNO. The second-order valence-corrected chi connectivity index (χ2v) is 3.94. The minimum atomic E-state index is -1.60. The molecule has 2 nitrogen and oxygen atoms in total. The molecule has 0 saturated heterocycles. The molecule has 1 aliphatic carbocycles. The van der Waals surface area contributed by atoms with Crippen molar-refractivity contribution in [2.75, 3.05) is 0 Å².